The van der Waals surface area contributed by atoms with Gasteiger partial charge < -0.3 is 5.73 Å². The minimum atomic E-state index is 0.314. The molecule has 0 radical (unpaired) electrons. The molecule has 0 atom stereocenters. The van der Waals surface area contributed by atoms with Gasteiger partial charge in [-0.3, -0.25) is 0 Å². The number of anilines is 1. The summed E-state index contributed by atoms with van der Waals surface area (Å²) in [5.74, 6) is 0.925. The van der Waals surface area contributed by atoms with Crippen LogP contribution in [0.5, 0.6) is 0 Å². The molecule has 60 valence electrons. The van der Waals surface area contributed by atoms with E-state index in [1.165, 1.54) is 17.3 Å². The van der Waals surface area contributed by atoms with Crippen LogP contribution in [0.1, 0.15) is 0 Å². The third kappa shape index (κ3) is 0.986. The summed E-state index contributed by atoms with van der Waals surface area (Å²) in [5, 5.41) is 3.88. The smallest absolute Gasteiger partial charge is 0.224 e. The lowest BCUT2D eigenvalue weighted by molar-refractivity contribution is 0.848. The monoisotopic (exact) mass is 162 g/mol. The van der Waals surface area contributed by atoms with Crippen molar-refractivity contribution in [2.24, 2.45) is 0 Å². The Bertz CT molecular complexity index is 367. The van der Waals surface area contributed by atoms with Crippen LogP contribution in [0.25, 0.3) is 5.82 Å². The summed E-state index contributed by atoms with van der Waals surface area (Å²) in [5.41, 5.74) is 5.50. The van der Waals surface area contributed by atoms with Crippen molar-refractivity contribution in [1.82, 2.24) is 24.7 Å². The minimum absolute atomic E-state index is 0.314. The molecule has 0 fully saturated rings. The molecule has 0 spiro atoms. The van der Waals surface area contributed by atoms with Crippen molar-refractivity contribution >= 4 is 5.95 Å². The number of nitrogens with zero attached hydrogens (tertiary/aromatic N) is 5. The average Bonchev–Trinajstić information content (AvgIpc) is 2.53. The number of nitrogens with two attached hydrogens (primary N) is 1. The molecule has 2 aromatic rings. The molecule has 0 saturated heterocycles. The molecule has 2 N–H and O–H groups in total. The molecule has 0 saturated carbocycles. The zero-order chi connectivity index (χ0) is 8.39. The predicted octanol–water partition coefficient (Wildman–Crippen LogP) is -0.361. The lowest BCUT2D eigenvalue weighted by Gasteiger charge is -1.98. The second kappa shape index (κ2) is 2.57. The Morgan fingerprint density at radius 3 is 2.75 bits per heavy atom. The maximum absolute atomic E-state index is 5.50. The SMILES string of the molecule is Nc1ncnn1-c1ccncn1. The van der Waals surface area contributed by atoms with Crippen molar-refractivity contribution in [3.63, 3.8) is 0 Å². The molecule has 0 amide bonds. The Kier molecular flexibility index (Phi) is 1.44. The standard InChI is InChI=1S/C6H6N6/c7-6-10-4-11-12(6)5-1-2-8-3-9-5/h1-4H,(H2,7,10,11). The van der Waals surface area contributed by atoms with Crippen molar-refractivity contribution in [2.45, 2.75) is 0 Å². The van der Waals surface area contributed by atoms with Crippen LogP contribution < -0.4 is 5.73 Å². The summed E-state index contributed by atoms with van der Waals surface area (Å²) in [7, 11) is 0. The van der Waals surface area contributed by atoms with Gasteiger partial charge in [0.15, 0.2) is 5.82 Å². The van der Waals surface area contributed by atoms with Crippen LogP contribution in [-0.4, -0.2) is 24.7 Å². The van der Waals surface area contributed by atoms with Gasteiger partial charge in [-0.15, -0.1) is 0 Å². The first-order chi connectivity index (χ1) is 5.88. The summed E-state index contributed by atoms with van der Waals surface area (Å²) < 4.78 is 1.43. The van der Waals surface area contributed by atoms with Crippen molar-refractivity contribution in [3.05, 3.63) is 24.9 Å². The Hall–Kier alpha value is -1.98. The molecule has 0 unspecified atom stereocenters. The Morgan fingerprint density at radius 1 is 1.25 bits per heavy atom. The molecule has 0 bridgehead atoms. The normalized spacial score (nSPS) is 10.0. The second-order valence-electron chi connectivity index (χ2n) is 2.10. The van der Waals surface area contributed by atoms with Gasteiger partial charge in [0.2, 0.25) is 5.95 Å². The summed E-state index contributed by atoms with van der Waals surface area (Å²) in [4.78, 5) is 11.5. The highest BCUT2D eigenvalue weighted by molar-refractivity contribution is 5.28. The number of aromatic nitrogens is 5. The Morgan fingerprint density at radius 2 is 2.17 bits per heavy atom. The maximum Gasteiger partial charge on any atom is 0.224 e. The zero-order valence-corrected chi connectivity index (χ0v) is 6.12. The van der Waals surface area contributed by atoms with Gasteiger partial charge in [-0.05, 0) is 0 Å². The summed E-state index contributed by atoms with van der Waals surface area (Å²) in [6.07, 6.45) is 4.41. The van der Waals surface area contributed by atoms with Crippen LogP contribution in [0, 0.1) is 0 Å². The van der Waals surface area contributed by atoms with Crippen LogP contribution in [0.4, 0.5) is 5.95 Å². The van der Waals surface area contributed by atoms with Crippen LogP contribution in [0.3, 0.4) is 0 Å². The van der Waals surface area contributed by atoms with Crippen molar-refractivity contribution in [3.8, 4) is 5.82 Å². The molecule has 0 aliphatic rings. The molecule has 0 aliphatic carbocycles. The van der Waals surface area contributed by atoms with Gasteiger partial charge >= 0.3 is 0 Å². The molecular weight excluding hydrogens is 156 g/mol. The van der Waals surface area contributed by atoms with E-state index in [1.807, 2.05) is 0 Å². The topological polar surface area (TPSA) is 82.5 Å². The van der Waals surface area contributed by atoms with Gasteiger partial charge in [-0.1, -0.05) is 0 Å². The fourth-order valence-corrected chi connectivity index (χ4v) is 0.836. The van der Waals surface area contributed by atoms with Crippen LogP contribution in [0.15, 0.2) is 24.9 Å². The maximum atomic E-state index is 5.50. The summed E-state index contributed by atoms with van der Waals surface area (Å²) in [6.45, 7) is 0. The lowest BCUT2D eigenvalue weighted by Crippen LogP contribution is -2.04. The summed E-state index contributed by atoms with van der Waals surface area (Å²) >= 11 is 0. The predicted molar refractivity (Wildman–Crippen MR) is 41.4 cm³/mol. The molecular formula is C6H6N6. The van der Waals surface area contributed by atoms with Crippen molar-refractivity contribution in [1.29, 1.82) is 0 Å². The number of hydrogen-bond donors (Lipinski definition) is 1. The van der Waals surface area contributed by atoms with Crippen LogP contribution in [0.2, 0.25) is 0 Å². The molecule has 6 nitrogen and oxygen atoms in total. The molecule has 12 heavy (non-hydrogen) atoms. The van der Waals surface area contributed by atoms with E-state index < -0.39 is 0 Å². The van der Waals surface area contributed by atoms with Crippen LogP contribution >= 0.6 is 0 Å². The highest BCUT2D eigenvalue weighted by atomic mass is 15.4. The number of rotatable bonds is 1. The average molecular weight is 162 g/mol. The van der Waals surface area contributed by atoms with E-state index in [0.717, 1.165) is 0 Å². The van der Waals surface area contributed by atoms with E-state index >= 15 is 0 Å². The first kappa shape index (κ1) is 6.71. The van der Waals surface area contributed by atoms with Crippen molar-refractivity contribution in [2.75, 3.05) is 5.73 Å². The molecule has 0 aliphatic heterocycles. The van der Waals surface area contributed by atoms with E-state index in [2.05, 4.69) is 20.1 Å². The second-order valence-corrected chi connectivity index (χ2v) is 2.10. The molecule has 6 heteroatoms. The number of hydrogen-bond acceptors (Lipinski definition) is 5. The number of nitrogen functional groups attached to an aromatic ring is 1. The van der Waals surface area contributed by atoms with Gasteiger partial charge in [-0.25, -0.2) is 9.97 Å². The zero-order valence-electron chi connectivity index (χ0n) is 6.12. The molecule has 2 rings (SSSR count). The Labute approximate surface area is 68.1 Å². The van der Waals surface area contributed by atoms with Gasteiger partial charge in [-0.2, -0.15) is 14.8 Å². The quantitative estimate of drug-likeness (QED) is 0.619. The fraction of sp³-hybridized carbons (Fsp3) is 0. The van der Waals surface area contributed by atoms with E-state index in [9.17, 15) is 0 Å². The first-order valence-electron chi connectivity index (χ1n) is 3.30. The largest absolute Gasteiger partial charge is 0.368 e. The summed E-state index contributed by atoms with van der Waals surface area (Å²) in [6, 6.07) is 1.70. The third-order valence-electron chi connectivity index (χ3n) is 1.36. The van der Waals surface area contributed by atoms with E-state index in [0.29, 0.717) is 11.8 Å². The van der Waals surface area contributed by atoms with Gasteiger partial charge in [0.25, 0.3) is 0 Å². The third-order valence-corrected chi connectivity index (χ3v) is 1.36. The lowest BCUT2D eigenvalue weighted by atomic mass is 10.6. The highest BCUT2D eigenvalue weighted by Gasteiger charge is 2.01. The molecule has 0 aromatic carbocycles. The minimum Gasteiger partial charge on any atom is -0.368 e. The van der Waals surface area contributed by atoms with Gasteiger partial charge in [0, 0.05) is 12.3 Å². The first-order valence-corrected chi connectivity index (χ1v) is 3.30. The molecule has 2 heterocycles. The van der Waals surface area contributed by atoms with Gasteiger partial charge in [0.1, 0.15) is 12.7 Å². The fourth-order valence-electron chi connectivity index (χ4n) is 0.836. The van der Waals surface area contributed by atoms with Crippen LogP contribution in [-0.2, 0) is 0 Å². The highest BCUT2D eigenvalue weighted by Crippen LogP contribution is 2.03. The van der Waals surface area contributed by atoms with E-state index in [-0.39, 0.29) is 0 Å². The van der Waals surface area contributed by atoms with Crippen molar-refractivity contribution < 1.29 is 0 Å². The van der Waals surface area contributed by atoms with E-state index in [4.69, 9.17) is 5.73 Å². The van der Waals surface area contributed by atoms with E-state index in [1.54, 1.807) is 12.3 Å². The Balaban J connectivity index is 2.51. The molecule has 2 aromatic heterocycles. The van der Waals surface area contributed by atoms with Gasteiger partial charge in [0.05, 0.1) is 0 Å².